The van der Waals surface area contributed by atoms with E-state index < -0.39 is 0 Å². The maximum absolute atomic E-state index is 9.19. The van der Waals surface area contributed by atoms with Crippen LogP contribution in [0.2, 0.25) is 0 Å². The molecule has 0 atom stereocenters. The first-order chi connectivity index (χ1) is 8.74. The predicted molar refractivity (Wildman–Crippen MR) is 72.5 cm³/mol. The number of hydrogen-bond donors (Lipinski definition) is 2. The number of aromatic nitrogens is 2. The fraction of sp³-hybridized carbons (Fsp3) is 0.692. The number of nitrogens with two attached hydrogens (primary N) is 1. The summed E-state index contributed by atoms with van der Waals surface area (Å²) < 4.78 is 0. The molecular weight excluding hydrogens is 228 g/mol. The fourth-order valence-electron chi connectivity index (χ4n) is 2.28. The van der Waals surface area contributed by atoms with Crippen molar-refractivity contribution in [3.05, 3.63) is 11.9 Å². The molecule has 0 amide bonds. The minimum Gasteiger partial charge on any atom is -0.395 e. The van der Waals surface area contributed by atoms with Gasteiger partial charge >= 0.3 is 0 Å². The van der Waals surface area contributed by atoms with Gasteiger partial charge in [0.25, 0.3) is 0 Å². The Morgan fingerprint density at radius 2 is 2.22 bits per heavy atom. The molecule has 1 aliphatic rings. The van der Waals surface area contributed by atoms with Crippen LogP contribution in [0, 0.1) is 0 Å². The van der Waals surface area contributed by atoms with Gasteiger partial charge in [0.05, 0.1) is 6.61 Å². The van der Waals surface area contributed by atoms with Gasteiger partial charge in [-0.15, -0.1) is 0 Å². The summed E-state index contributed by atoms with van der Waals surface area (Å²) >= 11 is 0. The summed E-state index contributed by atoms with van der Waals surface area (Å²) in [5.41, 5.74) is 5.84. The Balaban J connectivity index is 2.22. The van der Waals surface area contributed by atoms with Crippen LogP contribution in [0.1, 0.15) is 38.4 Å². The highest BCUT2D eigenvalue weighted by molar-refractivity contribution is 5.48. The van der Waals surface area contributed by atoms with Crippen molar-refractivity contribution in [3.8, 4) is 0 Å². The normalized spacial score (nSPS) is 15.4. The van der Waals surface area contributed by atoms with Gasteiger partial charge in [-0.05, 0) is 25.7 Å². The van der Waals surface area contributed by atoms with Crippen LogP contribution in [0.3, 0.4) is 0 Å². The van der Waals surface area contributed by atoms with Crippen LogP contribution in [0.15, 0.2) is 6.07 Å². The maximum Gasteiger partial charge on any atom is 0.134 e. The highest BCUT2D eigenvalue weighted by Crippen LogP contribution is 2.28. The molecule has 18 heavy (non-hydrogen) atoms. The molecule has 1 aliphatic carbocycles. The number of anilines is 2. The molecule has 2 rings (SSSR count). The lowest BCUT2D eigenvalue weighted by Crippen LogP contribution is -2.42. The number of rotatable bonds is 6. The van der Waals surface area contributed by atoms with Crippen molar-refractivity contribution >= 4 is 11.6 Å². The lowest BCUT2D eigenvalue weighted by molar-refractivity contribution is 0.283. The molecule has 5 heteroatoms. The molecule has 1 aromatic rings. The second-order valence-corrected chi connectivity index (χ2v) is 4.82. The molecule has 0 unspecified atom stereocenters. The minimum absolute atomic E-state index is 0.142. The number of aliphatic hydroxyl groups excluding tert-OH is 1. The highest BCUT2D eigenvalue weighted by Gasteiger charge is 2.26. The Labute approximate surface area is 108 Å². The number of aryl methyl sites for hydroxylation is 1. The maximum atomic E-state index is 9.19. The third kappa shape index (κ3) is 2.90. The molecule has 1 fully saturated rings. The van der Waals surface area contributed by atoms with Crippen LogP contribution < -0.4 is 10.6 Å². The van der Waals surface area contributed by atoms with Crippen LogP contribution in [-0.2, 0) is 6.42 Å². The average molecular weight is 250 g/mol. The zero-order valence-corrected chi connectivity index (χ0v) is 11.0. The second-order valence-electron chi connectivity index (χ2n) is 4.82. The zero-order valence-electron chi connectivity index (χ0n) is 11.0. The SMILES string of the molecule is CCCc1nc(N)cc(N(CCO)C2CCC2)n1. The van der Waals surface area contributed by atoms with E-state index in [4.69, 9.17) is 5.73 Å². The van der Waals surface area contributed by atoms with Gasteiger partial charge in [-0.2, -0.15) is 0 Å². The molecule has 1 heterocycles. The standard InChI is InChI=1S/C13H22N4O/c1-2-4-12-15-11(14)9-13(16-12)17(7-8-18)10-5-3-6-10/h9-10,18H,2-8H2,1H3,(H2,14,15,16). The molecule has 0 spiro atoms. The summed E-state index contributed by atoms with van der Waals surface area (Å²) in [4.78, 5) is 11.0. The van der Waals surface area contributed by atoms with Gasteiger partial charge in [-0.3, -0.25) is 0 Å². The largest absolute Gasteiger partial charge is 0.395 e. The summed E-state index contributed by atoms with van der Waals surface area (Å²) in [5, 5.41) is 9.19. The predicted octanol–water partition coefficient (Wildman–Crippen LogP) is 1.36. The van der Waals surface area contributed by atoms with Crippen molar-refractivity contribution in [2.24, 2.45) is 0 Å². The first-order valence-electron chi connectivity index (χ1n) is 6.75. The lowest BCUT2D eigenvalue weighted by atomic mass is 9.91. The van der Waals surface area contributed by atoms with E-state index in [1.54, 1.807) is 0 Å². The molecule has 5 nitrogen and oxygen atoms in total. The van der Waals surface area contributed by atoms with Crippen molar-refractivity contribution in [3.63, 3.8) is 0 Å². The quantitative estimate of drug-likeness (QED) is 0.797. The Kier molecular flexibility index (Phi) is 4.36. The molecule has 1 aromatic heterocycles. The third-order valence-electron chi connectivity index (χ3n) is 3.40. The molecule has 0 bridgehead atoms. The van der Waals surface area contributed by atoms with Gasteiger partial charge < -0.3 is 15.7 Å². The van der Waals surface area contributed by atoms with E-state index in [0.29, 0.717) is 18.4 Å². The topological polar surface area (TPSA) is 75.3 Å². The summed E-state index contributed by atoms with van der Waals surface area (Å²) in [7, 11) is 0. The average Bonchev–Trinajstić information content (AvgIpc) is 2.25. The summed E-state index contributed by atoms with van der Waals surface area (Å²) in [6.07, 6.45) is 5.46. The van der Waals surface area contributed by atoms with E-state index in [0.717, 1.165) is 24.5 Å². The van der Waals surface area contributed by atoms with Crippen LogP contribution >= 0.6 is 0 Å². The Bertz CT molecular complexity index is 393. The number of aliphatic hydroxyl groups is 1. The Hall–Kier alpha value is -1.36. The summed E-state index contributed by atoms with van der Waals surface area (Å²) in [6, 6.07) is 2.31. The van der Waals surface area contributed by atoms with Gasteiger partial charge in [0.1, 0.15) is 17.5 Å². The molecular formula is C13H22N4O. The molecule has 0 radical (unpaired) electrons. The third-order valence-corrected chi connectivity index (χ3v) is 3.40. The minimum atomic E-state index is 0.142. The van der Waals surface area contributed by atoms with E-state index in [-0.39, 0.29) is 6.61 Å². The van der Waals surface area contributed by atoms with Crippen molar-refractivity contribution < 1.29 is 5.11 Å². The van der Waals surface area contributed by atoms with Crippen LogP contribution in [0.5, 0.6) is 0 Å². The molecule has 0 aromatic carbocycles. The second kappa shape index (κ2) is 6.00. The van der Waals surface area contributed by atoms with Gasteiger partial charge in [0, 0.05) is 25.1 Å². The zero-order chi connectivity index (χ0) is 13.0. The van der Waals surface area contributed by atoms with E-state index >= 15 is 0 Å². The first kappa shape index (κ1) is 13.1. The van der Waals surface area contributed by atoms with E-state index in [2.05, 4.69) is 21.8 Å². The van der Waals surface area contributed by atoms with Crippen LogP contribution in [-0.4, -0.2) is 34.3 Å². The van der Waals surface area contributed by atoms with Crippen molar-refractivity contribution in [2.45, 2.75) is 45.1 Å². The van der Waals surface area contributed by atoms with Crippen molar-refractivity contribution in [1.29, 1.82) is 0 Å². The summed E-state index contributed by atoms with van der Waals surface area (Å²) in [6.45, 7) is 2.86. The van der Waals surface area contributed by atoms with E-state index in [1.807, 2.05) is 6.07 Å². The lowest BCUT2D eigenvalue weighted by Gasteiger charge is -2.38. The van der Waals surface area contributed by atoms with E-state index in [1.165, 1.54) is 19.3 Å². The number of nitrogens with zero attached hydrogens (tertiary/aromatic N) is 3. The Morgan fingerprint density at radius 3 is 2.78 bits per heavy atom. The first-order valence-corrected chi connectivity index (χ1v) is 6.75. The van der Waals surface area contributed by atoms with Crippen LogP contribution in [0.4, 0.5) is 11.6 Å². The summed E-state index contributed by atoms with van der Waals surface area (Å²) in [5.74, 6) is 2.19. The van der Waals surface area contributed by atoms with Gasteiger partial charge in [0.2, 0.25) is 0 Å². The molecule has 0 saturated heterocycles. The fourth-order valence-corrected chi connectivity index (χ4v) is 2.28. The smallest absolute Gasteiger partial charge is 0.134 e. The van der Waals surface area contributed by atoms with E-state index in [9.17, 15) is 5.11 Å². The molecule has 0 aliphatic heterocycles. The molecule has 3 N–H and O–H groups in total. The monoisotopic (exact) mass is 250 g/mol. The Morgan fingerprint density at radius 1 is 1.44 bits per heavy atom. The molecule has 100 valence electrons. The van der Waals surface area contributed by atoms with Gasteiger partial charge in [-0.25, -0.2) is 9.97 Å². The van der Waals surface area contributed by atoms with Gasteiger partial charge in [-0.1, -0.05) is 6.92 Å². The number of hydrogen-bond acceptors (Lipinski definition) is 5. The molecule has 1 saturated carbocycles. The van der Waals surface area contributed by atoms with Crippen molar-refractivity contribution in [2.75, 3.05) is 23.8 Å². The van der Waals surface area contributed by atoms with Crippen molar-refractivity contribution in [1.82, 2.24) is 9.97 Å². The number of nitrogen functional groups attached to an aromatic ring is 1. The highest BCUT2D eigenvalue weighted by atomic mass is 16.3. The van der Waals surface area contributed by atoms with Gasteiger partial charge in [0.15, 0.2) is 0 Å². The van der Waals surface area contributed by atoms with Crippen LogP contribution in [0.25, 0.3) is 0 Å².